The molecule has 23 heavy (non-hydrogen) atoms. The number of halogens is 1. The monoisotopic (exact) mass is 309 g/mol. The molecule has 0 aliphatic carbocycles. The minimum Gasteiger partial charge on any atom is -0.456 e. The Bertz CT molecular complexity index is 790. The zero-order valence-corrected chi connectivity index (χ0v) is 11.9. The topological polar surface area (TPSA) is 64.1 Å². The molecule has 5 nitrogen and oxygen atoms in total. The van der Waals surface area contributed by atoms with E-state index in [-0.39, 0.29) is 11.7 Å². The molecule has 1 amide bonds. The van der Waals surface area contributed by atoms with Gasteiger partial charge in [-0.25, -0.2) is 9.37 Å². The van der Waals surface area contributed by atoms with Gasteiger partial charge in [-0.15, -0.1) is 0 Å². The number of hydrogen-bond acceptors (Lipinski definition) is 4. The van der Waals surface area contributed by atoms with E-state index in [0.29, 0.717) is 22.9 Å². The van der Waals surface area contributed by atoms with Gasteiger partial charge in [0.2, 0.25) is 0 Å². The summed E-state index contributed by atoms with van der Waals surface area (Å²) in [7, 11) is 0. The highest BCUT2D eigenvalue weighted by Gasteiger charge is 2.06. The maximum Gasteiger partial charge on any atom is 0.258 e. The van der Waals surface area contributed by atoms with Gasteiger partial charge in [-0.3, -0.25) is 9.78 Å². The first-order valence-corrected chi connectivity index (χ1v) is 6.81. The average molecular weight is 309 g/mol. The van der Waals surface area contributed by atoms with Crippen LogP contribution in [0.2, 0.25) is 0 Å². The predicted octanol–water partition coefficient (Wildman–Crippen LogP) is 3.66. The molecule has 0 bridgehead atoms. The van der Waals surface area contributed by atoms with E-state index in [4.69, 9.17) is 4.74 Å². The van der Waals surface area contributed by atoms with E-state index in [1.54, 1.807) is 30.5 Å². The molecule has 3 rings (SSSR count). The van der Waals surface area contributed by atoms with Crippen molar-refractivity contribution < 1.29 is 13.9 Å². The second-order valence-electron chi connectivity index (χ2n) is 4.63. The van der Waals surface area contributed by atoms with Crippen molar-refractivity contribution in [3.05, 3.63) is 78.5 Å². The van der Waals surface area contributed by atoms with Crippen LogP contribution < -0.4 is 10.1 Å². The molecule has 1 N–H and O–H groups in total. The molecule has 1 aromatic carbocycles. The lowest BCUT2D eigenvalue weighted by Gasteiger charge is -2.07. The molecule has 3 aromatic rings. The van der Waals surface area contributed by atoms with E-state index < -0.39 is 0 Å². The number of anilines is 1. The Labute approximate surface area is 131 Å². The Balaban J connectivity index is 1.65. The third-order valence-corrected chi connectivity index (χ3v) is 2.95. The second kappa shape index (κ2) is 6.65. The number of amides is 1. The van der Waals surface area contributed by atoms with Crippen molar-refractivity contribution in [2.45, 2.75) is 0 Å². The molecule has 2 aromatic heterocycles. The summed E-state index contributed by atoms with van der Waals surface area (Å²) in [5.41, 5.74) is 0.445. The number of aromatic nitrogens is 2. The summed E-state index contributed by atoms with van der Waals surface area (Å²) >= 11 is 0. The van der Waals surface area contributed by atoms with Crippen molar-refractivity contribution in [2.75, 3.05) is 5.32 Å². The lowest BCUT2D eigenvalue weighted by Crippen LogP contribution is -2.12. The van der Waals surface area contributed by atoms with Crippen LogP contribution in [-0.2, 0) is 0 Å². The molecule has 0 aliphatic heterocycles. The molecule has 0 unspecified atom stereocenters. The molecule has 2 heterocycles. The van der Waals surface area contributed by atoms with E-state index in [2.05, 4.69) is 15.3 Å². The van der Waals surface area contributed by atoms with E-state index in [1.165, 1.54) is 36.7 Å². The van der Waals surface area contributed by atoms with Crippen LogP contribution in [0.5, 0.6) is 11.5 Å². The van der Waals surface area contributed by atoms with Crippen LogP contribution in [0.15, 0.2) is 67.1 Å². The Morgan fingerprint density at radius 2 is 1.78 bits per heavy atom. The Morgan fingerprint density at radius 1 is 1.00 bits per heavy atom. The number of benzene rings is 1. The van der Waals surface area contributed by atoms with Crippen molar-refractivity contribution in [1.82, 2.24) is 9.97 Å². The molecule has 0 spiro atoms. The van der Waals surface area contributed by atoms with Gasteiger partial charge in [0.05, 0.1) is 11.8 Å². The number of carbonyl (C=O) groups is 1. The largest absolute Gasteiger partial charge is 0.456 e. The van der Waals surface area contributed by atoms with Crippen molar-refractivity contribution >= 4 is 11.7 Å². The minimum absolute atomic E-state index is 0.294. The van der Waals surface area contributed by atoms with E-state index in [9.17, 15) is 9.18 Å². The quantitative estimate of drug-likeness (QED) is 0.799. The highest BCUT2D eigenvalue weighted by Crippen LogP contribution is 2.21. The summed E-state index contributed by atoms with van der Waals surface area (Å²) in [6, 6.07) is 12.3. The Kier molecular flexibility index (Phi) is 4.24. The standard InChI is InChI=1S/C17H12FN3O2/c18-13-3-5-14(6-4-13)23-15-7-8-16(20-11-15)21-17(22)12-2-1-9-19-10-12/h1-11H,(H,20,21,22). The summed E-state index contributed by atoms with van der Waals surface area (Å²) in [6.45, 7) is 0. The van der Waals surface area contributed by atoms with E-state index in [1.807, 2.05) is 0 Å². The number of nitrogens with one attached hydrogen (secondary N) is 1. The fourth-order valence-corrected chi connectivity index (χ4v) is 1.84. The fourth-order valence-electron chi connectivity index (χ4n) is 1.84. The second-order valence-corrected chi connectivity index (χ2v) is 4.63. The number of carbonyl (C=O) groups excluding carboxylic acids is 1. The van der Waals surface area contributed by atoms with Gasteiger partial charge >= 0.3 is 0 Å². The number of ether oxygens (including phenoxy) is 1. The third kappa shape index (κ3) is 3.88. The normalized spacial score (nSPS) is 10.1. The van der Waals surface area contributed by atoms with Crippen molar-refractivity contribution in [3.8, 4) is 11.5 Å². The van der Waals surface area contributed by atoms with Crippen LogP contribution in [0.3, 0.4) is 0 Å². The lowest BCUT2D eigenvalue weighted by molar-refractivity contribution is 0.102. The van der Waals surface area contributed by atoms with Crippen molar-refractivity contribution in [2.24, 2.45) is 0 Å². The summed E-state index contributed by atoms with van der Waals surface area (Å²) in [6.07, 6.45) is 4.54. The molecular weight excluding hydrogens is 297 g/mol. The SMILES string of the molecule is O=C(Nc1ccc(Oc2ccc(F)cc2)cn1)c1cccnc1. The molecule has 0 radical (unpaired) electrons. The van der Waals surface area contributed by atoms with Gasteiger partial charge in [0.15, 0.2) is 0 Å². The maximum absolute atomic E-state index is 12.8. The molecule has 6 heteroatoms. The first-order valence-electron chi connectivity index (χ1n) is 6.81. The van der Waals surface area contributed by atoms with Crippen LogP contribution >= 0.6 is 0 Å². The molecule has 0 fully saturated rings. The van der Waals surface area contributed by atoms with Crippen LogP contribution in [-0.4, -0.2) is 15.9 Å². The van der Waals surface area contributed by atoms with Crippen LogP contribution in [0.25, 0.3) is 0 Å². The van der Waals surface area contributed by atoms with Crippen LogP contribution in [0, 0.1) is 5.82 Å². The smallest absolute Gasteiger partial charge is 0.258 e. The minimum atomic E-state index is -0.330. The summed E-state index contributed by atoms with van der Waals surface area (Å²) < 4.78 is 18.4. The summed E-state index contributed by atoms with van der Waals surface area (Å²) in [4.78, 5) is 20.0. The zero-order chi connectivity index (χ0) is 16.1. The van der Waals surface area contributed by atoms with Gasteiger partial charge in [0, 0.05) is 12.4 Å². The highest BCUT2D eigenvalue weighted by molar-refractivity contribution is 6.03. The van der Waals surface area contributed by atoms with E-state index in [0.717, 1.165) is 0 Å². The number of nitrogens with zero attached hydrogens (tertiary/aromatic N) is 2. The van der Waals surface area contributed by atoms with E-state index >= 15 is 0 Å². The fraction of sp³-hybridized carbons (Fsp3) is 0. The first kappa shape index (κ1) is 14.6. The average Bonchev–Trinajstić information content (AvgIpc) is 2.59. The maximum atomic E-state index is 12.8. The lowest BCUT2D eigenvalue weighted by atomic mass is 10.2. The third-order valence-electron chi connectivity index (χ3n) is 2.95. The summed E-state index contributed by atoms with van der Waals surface area (Å²) in [5.74, 6) is 0.753. The zero-order valence-electron chi connectivity index (χ0n) is 11.9. The molecule has 114 valence electrons. The molecule has 0 aliphatic rings. The molecule has 0 saturated heterocycles. The van der Waals surface area contributed by atoms with Gasteiger partial charge in [0.1, 0.15) is 23.1 Å². The van der Waals surface area contributed by atoms with Gasteiger partial charge in [-0.2, -0.15) is 0 Å². The number of pyridine rings is 2. The number of rotatable bonds is 4. The highest BCUT2D eigenvalue weighted by atomic mass is 19.1. The molecule has 0 atom stereocenters. The number of hydrogen-bond donors (Lipinski definition) is 1. The Hall–Kier alpha value is -3.28. The van der Waals surface area contributed by atoms with Crippen molar-refractivity contribution in [3.63, 3.8) is 0 Å². The molecular formula is C17H12FN3O2. The Morgan fingerprint density at radius 3 is 2.43 bits per heavy atom. The first-order chi connectivity index (χ1) is 11.2. The van der Waals surface area contributed by atoms with Gasteiger partial charge in [-0.05, 0) is 48.5 Å². The van der Waals surface area contributed by atoms with Gasteiger partial charge in [-0.1, -0.05) is 0 Å². The van der Waals surface area contributed by atoms with Crippen LogP contribution in [0.4, 0.5) is 10.2 Å². The molecule has 0 saturated carbocycles. The summed E-state index contributed by atoms with van der Waals surface area (Å²) in [5, 5.41) is 2.66. The predicted molar refractivity (Wildman–Crippen MR) is 82.9 cm³/mol. The van der Waals surface area contributed by atoms with Crippen LogP contribution in [0.1, 0.15) is 10.4 Å². The van der Waals surface area contributed by atoms with Crippen molar-refractivity contribution in [1.29, 1.82) is 0 Å². The van der Waals surface area contributed by atoms with Gasteiger partial charge in [0.25, 0.3) is 5.91 Å². The van der Waals surface area contributed by atoms with Gasteiger partial charge < -0.3 is 10.1 Å².